The van der Waals surface area contributed by atoms with E-state index < -0.39 is 0 Å². The van der Waals surface area contributed by atoms with Crippen LogP contribution in [0.4, 0.5) is 11.4 Å². The van der Waals surface area contributed by atoms with Crippen molar-refractivity contribution in [1.29, 1.82) is 0 Å². The number of hydrogen-bond acceptors (Lipinski definition) is 7. The van der Waals surface area contributed by atoms with E-state index in [0.29, 0.717) is 11.3 Å². The van der Waals surface area contributed by atoms with Crippen molar-refractivity contribution in [3.63, 3.8) is 0 Å². The molecule has 47 heavy (non-hydrogen) atoms. The Labute approximate surface area is 276 Å². The van der Waals surface area contributed by atoms with Crippen LogP contribution in [0.5, 0.6) is 5.75 Å². The highest BCUT2D eigenvalue weighted by Gasteiger charge is 2.19. The van der Waals surface area contributed by atoms with E-state index in [9.17, 15) is 5.11 Å². The molecule has 5 nitrogen and oxygen atoms in total. The van der Waals surface area contributed by atoms with Gasteiger partial charge in [-0.2, -0.15) is 0 Å². The van der Waals surface area contributed by atoms with Gasteiger partial charge in [0.15, 0.2) is 5.75 Å². The highest BCUT2D eigenvalue weighted by atomic mass is 32.1. The van der Waals surface area contributed by atoms with Gasteiger partial charge < -0.3 is 5.11 Å². The average Bonchev–Trinajstić information content (AvgIpc) is 3.75. The number of hydrogen-bond donors (Lipinski definition) is 1. The lowest BCUT2D eigenvalue weighted by Crippen LogP contribution is -1.85. The third-order valence-corrected chi connectivity index (χ3v) is 11.1. The number of nitrogens with zero attached hydrogens (tertiary/aromatic N) is 4. The molecule has 0 amide bonds. The smallest absolute Gasteiger partial charge is 0.154 e. The Kier molecular flexibility index (Phi) is 5.70. The van der Waals surface area contributed by atoms with Gasteiger partial charge in [-0.1, -0.05) is 84.9 Å². The van der Waals surface area contributed by atoms with Crippen molar-refractivity contribution >= 4 is 97.6 Å². The van der Waals surface area contributed by atoms with E-state index in [4.69, 9.17) is 20.2 Å². The Balaban J connectivity index is 1.18. The summed E-state index contributed by atoms with van der Waals surface area (Å²) in [6.07, 6.45) is 0. The summed E-state index contributed by atoms with van der Waals surface area (Å²) in [5.74, 6) is 0.0609. The molecular weight excluding hydrogens is 617 g/mol. The lowest BCUT2D eigenvalue weighted by molar-refractivity contribution is 0.479. The monoisotopic (exact) mass is 638 g/mol. The predicted molar refractivity (Wildman–Crippen MR) is 197 cm³/mol. The maximum absolute atomic E-state index is 11.9. The standard InChI is InChI=1S/C40H22N4OS2/c45-38-29(40-42-32-9-2-4-11-34(32)47-40)21-26-20-25(39-41-31-8-1-3-10-33(31)46-39)15-17-27(26)37(38)44-43-30-19-16-24-13-12-22-6-5-7-23-14-18-28(30)36(24)35(22)23/h1-21,45H. The molecule has 0 aliphatic carbocycles. The quantitative estimate of drug-likeness (QED) is 0.154. The van der Waals surface area contributed by atoms with Crippen LogP contribution < -0.4 is 0 Å². The van der Waals surface area contributed by atoms with Crippen molar-refractivity contribution in [3.8, 4) is 26.9 Å². The van der Waals surface area contributed by atoms with E-state index in [-0.39, 0.29) is 5.75 Å². The van der Waals surface area contributed by atoms with E-state index in [1.54, 1.807) is 22.7 Å². The first kappa shape index (κ1) is 26.5. The average molecular weight is 639 g/mol. The van der Waals surface area contributed by atoms with E-state index in [1.165, 1.54) is 21.5 Å². The molecule has 0 bridgehead atoms. The minimum Gasteiger partial charge on any atom is -0.505 e. The predicted octanol–water partition coefficient (Wildman–Crippen LogP) is 12.4. The van der Waals surface area contributed by atoms with Crippen LogP contribution in [0.1, 0.15) is 0 Å². The molecule has 2 aromatic heterocycles. The third kappa shape index (κ3) is 4.14. The highest BCUT2D eigenvalue weighted by Crippen LogP contribution is 2.47. The van der Waals surface area contributed by atoms with Gasteiger partial charge in [-0.25, -0.2) is 9.97 Å². The normalized spacial score (nSPS) is 12.3. The summed E-state index contributed by atoms with van der Waals surface area (Å²) in [7, 11) is 0. The van der Waals surface area contributed by atoms with Gasteiger partial charge in [-0.15, -0.1) is 32.9 Å². The Morgan fingerprint density at radius 1 is 0.511 bits per heavy atom. The van der Waals surface area contributed by atoms with Gasteiger partial charge in [0.2, 0.25) is 0 Å². The Morgan fingerprint density at radius 2 is 1.15 bits per heavy atom. The zero-order valence-corrected chi connectivity index (χ0v) is 26.3. The van der Waals surface area contributed by atoms with Gasteiger partial charge in [-0.3, -0.25) is 0 Å². The van der Waals surface area contributed by atoms with E-state index in [2.05, 4.69) is 60.7 Å². The summed E-state index contributed by atoms with van der Waals surface area (Å²) < 4.78 is 2.20. The van der Waals surface area contributed by atoms with Crippen LogP contribution in [-0.2, 0) is 0 Å². The molecule has 0 saturated carbocycles. The molecule has 8 aromatic carbocycles. The highest BCUT2D eigenvalue weighted by molar-refractivity contribution is 7.22. The van der Waals surface area contributed by atoms with Crippen LogP contribution in [0.2, 0.25) is 0 Å². The lowest BCUT2D eigenvalue weighted by Gasteiger charge is -2.12. The molecule has 0 unspecified atom stereocenters. The molecule has 1 N–H and O–H groups in total. The fourth-order valence-electron chi connectivity index (χ4n) is 6.67. The number of aromatic hydroxyl groups is 1. The van der Waals surface area contributed by atoms with Gasteiger partial charge in [0.05, 0.1) is 31.7 Å². The zero-order valence-electron chi connectivity index (χ0n) is 24.7. The van der Waals surface area contributed by atoms with Crippen molar-refractivity contribution in [3.05, 3.63) is 127 Å². The van der Waals surface area contributed by atoms with Gasteiger partial charge in [-0.05, 0) is 74.8 Å². The van der Waals surface area contributed by atoms with Crippen molar-refractivity contribution in [1.82, 2.24) is 9.97 Å². The fraction of sp³-hybridized carbons (Fsp3) is 0. The number of benzene rings is 8. The Morgan fingerprint density at radius 3 is 1.91 bits per heavy atom. The van der Waals surface area contributed by atoms with Gasteiger partial charge in [0.25, 0.3) is 0 Å². The van der Waals surface area contributed by atoms with Crippen molar-refractivity contribution in [2.45, 2.75) is 0 Å². The fourth-order valence-corrected chi connectivity index (χ4v) is 8.61. The number of azo groups is 1. The summed E-state index contributed by atoms with van der Waals surface area (Å²) in [5.41, 5.74) is 4.68. The molecule has 220 valence electrons. The molecule has 0 atom stereocenters. The van der Waals surface area contributed by atoms with Crippen molar-refractivity contribution in [2.24, 2.45) is 10.2 Å². The van der Waals surface area contributed by atoms with E-state index in [1.807, 2.05) is 66.7 Å². The maximum atomic E-state index is 11.9. The van der Waals surface area contributed by atoms with E-state index >= 15 is 0 Å². The molecule has 2 heterocycles. The van der Waals surface area contributed by atoms with Crippen molar-refractivity contribution < 1.29 is 5.11 Å². The summed E-state index contributed by atoms with van der Waals surface area (Å²) in [4.78, 5) is 9.78. The first-order chi connectivity index (χ1) is 23.2. The number of fused-ring (bicyclic) bond motifs is 3. The first-order valence-electron chi connectivity index (χ1n) is 15.3. The Bertz CT molecular complexity index is 2800. The minimum atomic E-state index is 0.0609. The number of thiazole rings is 2. The topological polar surface area (TPSA) is 70.7 Å². The lowest BCUT2D eigenvalue weighted by atomic mass is 9.94. The molecule has 0 spiro atoms. The van der Waals surface area contributed by atoms with Crippen LogP contribution >= 0.6 is 22.7 Å². The maximum Gasteiger partial charge on any atom is 0.154 e. The van der Waals surface area contributed by atoms with Crippen LogP contribution in [0.15, 0.2) is 138 Å². The summed E-state index contributed by atoms with van der Waals surface area (Å²) in [6.45, 7) is 0. The number of aromatic nitrogens is 2. The Hall–Kier alpha value is -5.76. The molecule has 0 aliphatic rings. The second kappa shape index (κ2) is 10.1. The van der Waals surface area contributed by atoms with Crippen molar-refractivity contribution in [2.75, 3.05) is 0 Å². The SMILES string of the molecule is Oc1c(-c2nc3ccccc3s2)cc2cc(-c3nc4ccccc4s3)ccc2c1N=Nc1ccc2ccc3cccc4ccc1c2c34. The molecule has 7 heteroatoms. The summed E-state index contributed by atoms with van der Waals surface area (Å²) in [5, 5.41) is 31.9. The van der Waals surface area contributed by atoms with E-state index in [0.717, 1.165) is 63.2 Å². The van der Waals surface area contributed by atoms with Gasteiger partial charge in [0, 0.05) is 16.3 Å². The first-order valence-corrected chi connectivity index (χ1v) is 16.9. The number of phenols is 1. The number of rotatable bonds is 4. The molecule has 0 aliphatic heterocycles. The summed E-state index contributed by atoms with van der Waals surface area (Å²) >= 11 is 3.22. The molecular formula is C40H22N4OS2. The number of para-hydroxylation sites is 2. The summed E-state index contributed by atoms with van der Waals surface area (Å²) in [6, 6.07) is 43.5. The number of phenolic OH excluding ortho intramolecular Hbond substituents is 1. The molecule has 0 saturated heterocycles. The molecule has 10 aromatic rings. The van der Waals surface area contributed by atoms with Crippen LogP contribution in [0.25, 0.3) is 84.7 Å². The van der Waals surface area contributed by atoms with Gasteiger partial charge in [0.1, 0.15) is 15.7 Å². The molecule has 10 rings (SSSR count). The molecule has 0 fully saturated rings. The van der Waals surface area contributed by atoms with Gasteiger partial charge >= 0.3 is 0 Å². The third-order valence-electron chi connectivity index (χ3n) is 8.91. The van der Waals surface area contributed by atoms with Crippen LogP contribution in [0, 0.1) is 0 Å². The zero-order chi connectivity index (χ0) is 31.1. The van der Waals surface area contributed by atoms with Crippen LogP contribution in [-0.4, -0.2) is 15.1 Å². The van der Waals surface area contributed by atoms with Crippen LogP contribution in [0.3, 0.4) is 0 Å². The second-order valence-electron chi connectivity index (χ2n) is 11.7. The largest absolute Gasteiger partial charge is 0.505 e. The minimum absolute atomic E-state index is 0.0609. The molecule has 0 radical (unpaired) electrons. The second-order valence-corrected chi connectivity index (χ2v) is 13.7.